The summed E-state index contributed by atoms with van der Waals surface area (Å²) in [4.78, 5) is 15.9. The number of nitrogens with two attached hydrogens (primary N) is 1. The average molecular weight is 293 g/mol. The number of nitrogens with zero attached hydrogens (tertiary/aromatic N) is 2. The number of rotatable bonds is 6. The van der Waals surface area contributed by atoms with Gasteiger partial charge in [0.2, 0.25) is 0 Å². The molecule has 2 rings (SSSR count). The molecule has 0 radical (unpaired) electrons. The first-order valence-electron chi connectivity index (χ1n) is 6.45. The van der Waals surface area contributed by atoms with Crippen molar-refractivity contribution in [3.63, 3.8) is 0 Å². The first-order chi connectivity index (χ1) is 9.65. The highest BCUT2D eigenvalue weighted by atomic mass is 35.5. The molecule has 1 aromatic carbocycles. The number of carbonyl (C=O) groups excluding carboxylic acids is 1. The fourth-order valence-electron chi connectivity index (χ4n) is 1.89. The third-order valence-corrected chi connectivity index (χ3v) is 3.09. The van der Waals surface area contributed by atoms with Crippen LogP contribution >= 0.6 is 11.6 Å². The second-order valence-corrected chi connectivity index (χ2v) is 4.97. The molecule has 1 aromatic heterocycles. The maximum absolute atomic E-state index is 11.9. The van der Waals surface area contributed by atoms with E-state index in [1.165, 1.54) is 0 Å². The molecule has 1 heterocycles. The zero-order valence-corrected chi connectivity index (χ0v) is 11.8. The van der Waals surface area contributed by atoms with Crippen LogP contribution in [0.15, 0.2) is 36.9 Å². The molecular weight excluding hydrogens is 276 g/mol. The molecule has 0 saturated heterocycles. The van der Waals surface area contributed by atoms with Gasteiger partial charge in [-0.15, -0.1) is 0 Å². The van der Waals surface area contributed by atoms with Gasteiger partial charge in [0.05, 0.1) is 6.33 Å². The van der Waals surface area contributed by atoms with E-state index in [9.17, 15) is 4.79 Å². The van der Waals surface area contributed by atoms with Crippen LogP contribution in [0.25, 0.3) is 0 Å². The fourth-order valence-corrected chi connectivity index (χ4v) is 2.13. The number of anilines is 1. The highest BCUT2D eigenvalue weighted by Crippen LogP contribution is 2.16. The van der Waals surface area contributed by atoms with Crippen molar-refractivity contribution in [1.29, 1.82) is 0 Å². The maximum atomic E-state index is 11.9. The summed E-state index contributed by atoms with van der Waals surface area (Å²) < 4.78 is 2.01. The Morgan fingerprint density at radius 1 is 1.35 bits per heavy atom. The summed E-state index contributed by atoms with van der Waals surface area (Å²) in [6.45, 7) is 1.53. The third kappa shape index (κ3) is 4.28. The molecule has 2 aromatic rings. The molecule has 0 bridgehead atoms. The van der Waals surface area contributed by atoms with E-state index in [4.69, 9.17) is 17.3 Å². The lowest BCUT2D eigenvalue weighted by atomic mass is 10.2. The van der Waals surface area contributed by atoms with Gasteiger partial charge in [-0.1, -0.05) is 11.6 Å². The Bertz CT molecular complexity index is 548. The topological polar surface area (TPSA) is 72.9 Å². The molecule has 0 fully saturated rings. The number of aryl methyl sites for hydroxylation is 1. The molecule has 6 heteroatoms. The SMILES string of the molecule is Nc1cc(Cl)cc(C(=O)NCCCCn2ccnc2)c1. The standard InChI is InChI=1S/C14H17ClN4O/c15-12-7-11(8-13(16)9-12)14(20)18-3-1-2-5-19-6-4-17-10-19/h4,6-10H,1-3,5,16H2,(H,18,20). The first-order valence-corrected chi connectivity index (χ1v) is 6.83. The van der Waals surface area contributed by atoms with E-state index in [2.05, 4.69) is 10.3 Å². The number of nitrogen functional groups attached to an aromatic ring is 1. The van der Waals surface area contributed by atoms with Gasteiger partial charge in [0.25, 0.3) is 5.91 Å². The van der Waals surface area contributed by atoms with Crippen molar-refractivity contribution in [2.45, 2.75) is 19.4 Å². The minimum Gasteiger partial charge on any atom is -0.399 e. The summed E-state index contributed by atoms with van der Waals surface area (Å²) in [6, 6.07) is 4.84. The Kier molecular flexibility index (Phi) is 5.01. The summed E-state index contributed by atoms with van der Waals surface area (Å²) in [7, 11) is 0. The van der Waals surface area contributed by atoms with E-state index in [1.807, 2.05) is 10.8 Å². The summed E-state index contributed by atoms with van der Waals surface area (Å²) in [5.74, 6) is -0.151. The number of imidazole rings is 1. The molecule has 0 saturated carbocycles. The predicted octanol–water partition coefficient (Wildman–Crippen LogP) is 2.33. The Balaban J connectivity index is 1.72. The van der Waals surface area contributed by atoms with Crippen molar-refractivity contribution in [1.82, 2.24) is 14.9 Å². The molecule has 0 aliphatic rings. The monoisotopic (exact) mass is 292 g/mol. The van der Waals surface area contributed by atoms with E-state index in [0.29, 0.717) is 22.8 Å². The van der Waals surface area contributed by atoms with Crippen molar-refractivity contribution < 1.29 is 4.79 Å². The van der Waals surface area contributed by atoms with Crippen molar-refractivity contribution in [2.75, 3.05) is 12.3 Å². The van der Waals surface area contributed by atoms with Gasteiger partial charge in [-0.25, -0.2) is 4.98 Å². The van der Waals surface area contributed by atoms with Gasteiger partial charge in [-0.3, -0.25) is 4.79 Å². The smallest absolute Gasteiger partial charge is 0.251 e. The summed E-state index contributed by atoms with van der Waals surface area (Å²) in [5.41, 5.74) is 6.63. The number of hydrogen-bond donors (Lipinski definition) is 2. The lowest BCUT2D eigenvalue weighted by molar-refractivity contribution is 0.0953. The molecule has 0 unspecified atom stereocenters. The van der Waals surface area contributed by atoms with E-state index < -0.39 is 0 Å². The van der Waals surface area contributed by atoms with Crippen molar-refractivity contribution in [3.8, 4) is 0 Å². The first kappa shape index (κ1) is 14.4. The summed E-state index contributed by atoms with van der Waals surface area (Å²) in [5, 5.41) is 3.32. The van der Waals surface area contributed by atoms with Crippen LogP contribution in [0.1, 0.15) is 23.2 Å². The van der Waals surface area contributed by atoms with Crippen molar-refractivity contribution in [3.05, 3.63) is 47.5 Å². The van der Waals surface area contributed by atoms with Gasteiger partial charge < -0.3 is 15.6 Å². The number of nitrogens with one attached hydrogen (secondary N) is 1. The molecule has 1 amide bonds. The fraction of sp³-hybridized carbons (Fsp3) is 0.286. The highest BCUT2D eigenvalue weighted by Gasteiger charge is 2.06. The number of amides is 1. The van der Waals surface area contributed by atoms with E-state index >= 15 is 0 Å². The molecule has 20 heavy (non-hydrogen) atoms. The zero-order valence-electron chi connectivity index (χ0n) is 11.1. The molecule has 0 atom stereocenters. The lowest BCUT2D eigenvalue weighted by Gasteiger charge is -2.07. The van der Waals surface area contributed by atoms with Crippen LogP contribution in [0.3, 0.4) is 0 Å². The second kappa shape index (κ2) is 6.96. The number of halogens is 1. The van der Waals surface area contributed by atoms with Crippen molar-refractivity contribution >= 4 is 23.2 Å². The van der Waals surface area contributed by atoms with Crippen LogP contribution in [0.5, 0.6) is 0 Å². The van der Waals surface area contributed by atoms with Crippen LogP contribution in [0.4, 0.5) is 5.69 Å². The molecule has 3 N–H and O–H groups in total. The number of unbranched alkanes of at least 4 members (excludes halogenated alkanes) is 1. The Morgan fingerprint density at radius 3 is 2.90 bits per heavy atom. The number of aromatic nitrogens is 2. The Morgan fingerprint density at radius 2 is 2.20 bits per heavy atom. The molecule has 106 valence electrons. The second-order valence-electron chi connectivity index (χ2n) is 4.54. The largest absolute Gasteiger partial charge is 0.399 e. The zero-order chi connectivity index (χ0) is 14.4. The van der Waals surface area contributed by atoms with Gasteiger partial charge in [0.15, 0.2) is 0 Å². The van der Waals surface area contributed by atoms with Crippen molar-refractivity contribution in [2.24, 2.45) is 0 Å². The number of hydrogen-bond acceptors (Lipinski definition) is 3. The summed E-state index contributed by atoms with van der Waals surface area (Å²) in [6.07, 6.45) is 7.35. The lowest BCUT2D eigenvalue weighted by Crippen LogP contribution is -2.24. The van der Waals surface area contributed by atoms with E-state index in [1.54, 1.807) is 30.7 Å². The van der Waals surface area contributed by atoms with Crippen LogP contribution < -0.4 is 11.1 Å². The van der Waals surface area contributed by atoms with Gasteiger partial charge in [0, 0.05) is 41.8 Å². The molecule has 0 spiro atoms. The average Bonchev–Trinajstić information content (AvgIpc) is 2.90. The summed E-state index contributed by atoms with van der Waals surface area (Å²) >= 11 is 5.87. The van der Waals surface area contributed by atoms with Crippen LogP contribution in [-0.2, 0) is 6.54 Å². The Hall–Kier alpha value is -2.01. The highest BCUT2D eigenvalue weighted by molar-refractivity contribution is 6.31. The number of carbonyl (C=O) groups is 1. The number of benzene rings is 1. The predicted molar refractivity (Wildman–Crippen MR) is 79.7 cm³/mol. The van der Waals surface area contributed by atoms with Gasteiger partial charge >= 0.3 is 0 Å². The van der Waals surface area contributed by atoms with Crippen LogP contribution in [0.2, 0.25) is 5.02 Å². The minimum absolute atomic E-state index is 0.151. The van der Waals surface area contributed by atoms with E-state index in [-0.39, 0.29) is 5.91 Å². The van der Waals surface area contributed by atoms with Crippen LogP contribution in [-0.4, -0.2) is 22.0 Å². The normalized spacial score (nSPS) is 10.4. The third-order valence-electron chi connectivity index (χ3n) is 2.87. The van der Waals surface area contributed by atoms with Gasteiger partial charge in [-0.05, 0) is 31.0 Å². The van der Waals surface area contributed by atoms with E-state index in [0.717, 1.165) is 19.4 Å². The molecule has 0 aliphatic carbocycles. The molecule has 5 nitrogen and oxygen atoms in total. The molecule has 0 aliphatic heterocycles. The minimum atomic E-state index is -0.151. The van der Waals surface area contributed by atoms with Gasteiger partial charge in [-0.2, -0.15) is 0 Å². The van der Waals surface area contributed by atoms with Crippen LogP contribution in [0, 0.1) is 0 Å². The maximum Gasteiger partial charge on any atom is 0.251 e. The quantitative estimate of drug-likeness (QED) is 0.634. The Labute approximate surface area is 122 Å². The molecular formula is C14H17ClN4O. The van der Waals surface area contributed by atoms with Gasteiger partial charge in [0.1, 0.15) is 0 Å².